The second-order valence-electron chi connectivity index (χ2n) is 6.60. The van der Waals surface area contributed by atoms with Gasteiger partial charge in [0, 0.05) is 6.04 Å². The molecule has 0 spiro atoms. The number of nitrogens with one attached hydrogen (secondary N) is 1. The molecule has 20 heavy (non-hydrogen) atoms. The molecule has 0 saturated heterocycles. The van der Waals surface area contributed by atoms with Crippen LogP contribution in [0.4, 0.5) is 5.82 Å². The Morgan fingerprint density at radius 1 is 1.35 bits per heavy atom. The van der Waals surface area contributed by atoms with Gasteiger partial charge in [0.15, 0.2) is 5.82 Å². The van der Waals surface area contributed by atoms with Crippen LogP contribution in [-0.4, -0.2) is 21.2 Å². The number of hydrogen-bond acceptors (Lipinski definition) is 4. The van der Waals surface area contributed by atoms with Gasteiger partial charge in [-0.25, -0.2) is 0 Å². The van der Waals surface area contributed by atoms with Crippen molar-refractivity contribution in [3.05, 3.63) is 16.8 Å². The van der Waals surface area contributed by atoms with Crippen LogP contribution in [0.5, 0.6) is 0 Å². The van der Waals surface area contributed by atoms with E-state index in [4.69, 9.17) is 18.0 Å². The molecule has 110 valence electrons. The van der Waals surface area contributed by atoms with Gasteiger partial charge in [0.25, 0.3) is 0 Å². The summed E-state index contributed by atoms with van der Waals surface area (Å²) in [5.41, 5.74) is 8.99. The average molecular weight is 292 g/mol. The van der Waals surface area contributed by atoms with Crippen molar-refractivity contribution >= 4 is 23.0 Å². The molecule has 1 aromatic heterocycles. The second-order valence-corrected chi connectivity index (χ2v) is 7.04. The fraction of sp³-hybridized carbons (Fsp3) is 0.667. The van der Waals surface area contributed by atoms with E-state index in [0.29, 0.717) is 16.4 Å². The van der Waals surface area contributed by atoms with Gasteiger partial charge in [-0.05, 0) is 44.1 Å². The number of anilines is 1. The zero-order valence-electron chi connectivity index (χ0n) is 12.8. The molecule has 0 aliphatic heterocycles. The number of rotatable bonds is 3. The van der Waals surface area contributed by atoms with E-state index in [2.05, 4.69) is 29.4 Å². The maximum absolute atomic E-state index is 5.87. The van der Waals surface area contributed by atoms with Crippen molar-refractivity contribution in [1.29, 1.82) is 0 Å². The van der Waals surface area contributed by atoms with Gasteiger partial charge in [0.1, 0.15) is 4.99 Å². The van der Waals surface area contributed by atoms with E-state index in [1.165, 1.54) is 12.8 Å². The fourth-order valence-electron chi connectivity index (χ4n) is 3.03. The summed E-state index contributed by atoms with van der Waals surface area (Å²) in [6.07, 6.45) is 4.82. The minimum absolute atomic E-state index is 0.381. The normalized spacial score (nSPS) is 21.5. The third kappa shape index (κ3) is 3.26. The van der Waals surface area contributed by atoms with Gasteiger partial charge in [-0.3, -0.25) is 0 Å². The summed E-state index contributed by atoms with van der Waals surface area (Å²) in [7, 11) is 0. The van der Waals surface area contributed by atoms with Crippen LogP contribution in [0.15, 0.2) is 0 Å². The summed E-state index contributed by atoms with van der Waals surface area (Å²) in [6, 6.07) is 0.420. The molecule has 0 bridgehead atoms. The van der Waals surface area contributed by atoms with Crippen LogP contribution < -0.4 is 11.1 Å². The van der Waals surface area contributed by atoms with Gasteiger partial charge in [-0.2, -0.15) is 5.10 Å². The van der Waals surface area contributed by atoms with Crippen molar-refractivity contribution in [1.82, 2.24) is 10.2 Å². The number of hydrogen-bond donors (Lipinski definition) is 2. The molecule has 5 heteroatoms. The van der Waals surface area contributed by atoms with Gasteiger partial charge in [0.05, 0.1) is 11.3 Å². The first-order valence-corrected chi connectivity index (χ1v) is 7.61. The molecule has 0 aromatic carbocycles. The summed E-state index contributed by atoms with van der Waals surface area (Å²) < 4.78 is 0. The summed E-state index contributed by atoms with van der Waals surface area (Å²) >= 11 is 5.18. The maximum Gasteiger partial charge on any atom is 0.159 e. The zero-order valence-corrected chi connectivity index (χ0v) is 13.6. The van der Waals surface area contributed by atoms with Crippen LogP contribution in [0.3, 0.4) is 0 Å². The zero-order chi connectivity index (χ0) is 14.9. The molecule has 1 aliphatic carbocycles. The lowest BCUT2D eigenvalue weighted by Gasteiger charge is -2.36. The number of nitrogens with zero attached hydrogens (tertiary/aromatic N) is 2. The molecule has 1 unspecified atom stereocenters. The van der Waals surface area contributed by atoms with Crippen molar-refractivity contribution < 1.29 is 0 Å². The molecule has 0 radical (unpaired) electrons. The van der Waals surface area contributed by atoms with E-state index in [-0.39, 0.29) is 0 Å². The molecular formula is C15H24N4S. The Morgan fingerprint density at radius 2 is 2.05 bits per heavy atom. The molecule has 1 atom stereocenters. The molecule has 0 amide bonds. The van der Waals surface area contributed by atoms with Crippen molar-refractivity contribution in [3.63, 3.8) is 0 Å². The monoisotopic (exact) mass is 292 g/mol. The Morgan fingerprint density at radius 3 is 2.65 bits per heavy atom. The van der Waals surface area contributed by atoms with Gasteiger partial charge in [-0.1, -0.05) is 32.5 Å². The van der Waals surface area contributed by atoms with Crippen molar-refractivity contribution in [2.75, 3.05) is 5.32 Å². The number of aryl methyl sites for hydroxylation is 1. The molecule has 1 aromatic rings. The van der Waals surface area contributed by atoms with Crippen molar-refractivity contribution in [2.24, 2.45) is 11.1 Å². The first-order chi connectivity index (χ1) is 9.30. The van der Waals surface area contributed by atoms with Crippen LogP contribution in [0.2, 0.25) is 0 Å². The first kappa shape index (κ1) is 15.2. The van der Waals surface area contributed by atoms with E-state index in [0.717, 1.165) is 35.5 Å². The Hall–Kier alpha value is -1.23. The largest absolute Gasteiger partial charge is 0.389 e. The van der Waals surface area contributed by atoms with Crippen molar-refractivity contribution in [3.8, 4) is 0 Å². The second kappa shape index (κ2) is 5.64. The topological polar surface area (TPSA) is 63.8 Å². The third-order valence-corrected chi connectivity index (χ3v) is 4.45. The van der Waals surface area contributed by atoms with Gasteiger partial charge >= 0.3 is 0 Å². The molecule has 2 rings (SSSR count). The molecule has 1 heterocycles. The van der Waals surface area contributed by atoms with E-state index in [9.17, 15) is 0 Å². The molecule has 4 nitrogen and oxygen atoms in total. The lowest BCUT2D eigenvalue weighted by molar-refractivity contribution is 0.229. The maximum atomic E-state index is 5.87. The summed E-state index contributed by atoms with van der Waals surface area (Å²) in [5, 5.41) is 12.0. The average Bonchev–Trinajstić information content (AvgIpc) is 2.32. The Kier molecular flexibility index (Phi) is 4.28. The van der Waals surface area contributed by atoms with Gasteiger partial charge in [-0.15, -0.1) is 5.10 Å². The SMILES string of the molecule is Cc1nnc(NC2CCCC(C)(C)C2)c(C(N)=S)c1C. The summed E-state index contributed by atoms with van der Waals surface area (Å²) in [5.74, 6) is 0.739. The fourth-order valence-corrected chi connectivity index (χ4v) is 3.28. The predicted molar refractivity (Wildman–Crippen MR) is 87.1 cm³/mol. The highest BCUT2D eigenvalue weighted by molar-refractivity contribution is 7.80. The van der Waals surface area contributed by atoms with E-state index in [1.807, 2.05) is 13.8 Å². The minimum Gasteiger partial charge on any atom is -0.389 e. The highest BCUT2D eigenvalue weighted by Gasteiger charge is 2.29. The van der Waals surface area contributed by atoms with E-state index >= 15 is 0 Å². The van der Waals surface area contributed by atoms with Crippen LogP contribution in [0.1, 0.15) is 56.4 Å². The summed E-state index contributed by atoms with van der Waals surface area (Å²) in [4.78, 5) is 0.387. The molecule has 3 N–H and O–H groups in total. The lowest BCUT2D eigenvalue weighted by atomic mass is 9.75. The summed E-state index contributed by atoms with van der Waals surface area (Å²) in [6.45, 7) is 8.56. The molecule has 1 saturated carbocycles. The molecule has 1 fully saturated rings. The van der Waals surface area contributed by atoms with Gasteiger partial charge < -0.3 is 11.1 Å². The quantitative estimate of drug-likeness (QED) is 0.838. The van der Waals surface area contributed by atoms with Gasteiger partial charge in [0.2, 0.25) is 0 Å². The van der Waals surface area contributed by atoms with E-state index < -0.39 is 0 Å². The van der Waals surface area contributed by atoms with Crippen LogP contribution in [0.25, 0.3) is 0 Å². The number of aromatic nitrogens is 2. The first-order valence-electron chi connectivity index (χ1n) is 7.20. The standard InChI is InChI=1S/C15H24N4S/c1-9-10(2)18-19-14(12(9)13(16)20)17-11-6-5-7-15(3,4)8-11/h11H,5-8H2,1-4H3,(H2,16,20)(H,17,19). The Bertz CT molecular complexity index is 525. The van der Waals surface area contributed by atoms with Crippen LogP contribution >= 0.6 is 12.2 Å². The van der Waals surface area contributed by atoms with E-state index in [1.54, 1.807) is 0 Å². The van der Waals surface area contributed by atoms with Crippen LogP contribution in [-0.2, 0) is 0 Å². The van der Waals surface area contributed by atoms with Crippen LogP contribution in [0, 0.1) is 19.3 Å². The predicted octanol–water partition coefficient (Wildman–Crippen LogP) is 3.11. The third-order valence-electron chi connectivity index (χ3n) is 4.25. The lowest BCUT2D eigenvalue weighted by Crippen LogP contribution is -2.33. The highest BCUT2D eigenvalue weighted by atomic mass is 32.1. The minimum atomic E-state index is 0.381. The Balaban J connectivity index is 2.25. The number of nitrogens with two attached hydrogens (primary N) is 1. The smallest absolute Gasteiger partial charge is 0.159 e. The van der Waals surface area contributed by atoms with Crippen molar-refractivity contribution in [2.45, 2.75) is 59.4 Å². The molecule has 1 aliphatic rings. The molecular weight excluding hydrogens is 268 g/mol. The number of thiocarbonyl (C=S) groups is 1. The highest BCUT2D eigenvalue weighted by Crippen LogP contribution is 2.36. The Labute approximate surface area is 126 Å².